The number of rotatable bonds is 17. The molecule has 0 bridgehead atoms. The summed E-state index contributed by atoms with van der Waals surface area (Å²) in [5, 5.41) is 40.7. The fourth-order valence-electron chi connectivity index (χ4n) is 6.71. The van der Waals surface area contributed by atoms with Gasteiger partial charge in [0.1, 0.15) is 22.2 Å². The summed E-state index contributed by atoms with van der Waals surface area (Å²) in [6.07, 6.45) is 0.959. The number of ether oxygens (including phenoxy) is 2. The van der Waals surface area contributed by atoms with Crippen molar-refractivity contribution < 1.29 is 106 Å². The first-order valence-corrected chi connectivity index (χ1v) is 25.4. The normalized spacial score (nSPS) is 13.6. The fourth-order valence-corrected chi connectivity index (χ4v) is 8.94. The van der Waals surface area contributed by atoms with Crippen LogP contribution >= 0.6 is 0 Å². The quantitative estimate of drug-likeness (QED) is 0.0270. The zero-order valence-corrected chi connectivity index (χ0v) is 42.7. The number of benzene rings is 5. The van der Waals surface area contributed by atoms with Gasteiger partial charge in [-0.3, -0.25) is 28.4 Å². The molecular weight excluding hydrogens is 1040 g/mol. The number of Topliss-reactive ketones (excluding diaryl/α,β-unsaturated/α-hetero) is 1. The Balaban J connectivity index is 0.00000847. The Labute approximate surface area is 430 Å². The van der Waals surface area contributed by atoms with E-state index in [1.54, 1.807) is 6.92 Å². The molecule has 7 rings (SSSR count). The number of fused-ring (bicyclic) bond motifs is 2. The maximum absolute atomic E-state index is 13.7. The van der Waals surface area contributed by atoms with Crippen LogP contribution in [0.15, 0.2) is 108 Å². The standard InChI is InChI=1S/C40H36N10O17S4.Na/c1-19-10-28(33(67-3)18-27(19)47-49-30-16-24(69(57,58)59)12-21-13-25(70(60,61)62)17-31(52)35(21)30)43-40-45-38(41-8-9-51)44-39(46-40)42-22-4-6-26-20(11-22)14-34(71(63,64)65)36(37(26)53)50-48-29-15-23(68(54,55)56)5-7-32(29)66-2;/h4-7,10-18,48,51-52H,8-9H2,1-3H3,(H,54,55,56)(H,57,58,59)(H,60,61,62)(H,63,64,65)(H3,41,42,43,44,45,46);/q;+1/b49-47?,50-36+;. The van der Waals surface area contributed by atoms with Crippen LogP contribution in [0.1, 0.15) is 21.5 Å². The first-order valence-electron chi connectivity index (χ1n) is 19.7. The number of phenols is 1. The summed E-state index contributed by atoms with van der Waals surface area (Å²) in [5.41, 5.74) is 1.94. The third-order valence-corrected chi connectivity index (χ3v) is 13.3. The minimum absolute atomic E-state index is 0. The molecule has 372 valence electrons. The third-order valence-electron chi connectivity index (χ3n) is 9.93. The molecule has 0 aliphatic heterocycles. The van der Waals surface area contributed by atoms with E-state index in [4.69, 9.17) is 9.47 Å². The molecule has 0 amide bonds. The van der Waals surface area contributed by atoms with Gasteiger partial charge in [-0.1, -0.05) is 0 Å². The van der Waals surface area contributed by atoms with Crippen LogP contribution < -0.4 is 60.4 Å². The number of nitrogens with one attached hydrogen (secondary N) is 4. The Morgan fingerprint density at radius 2 is 1.26 bits per heavy atom. The van der Waals surface area contributed by atoms with Crippen LogP contribution in [0.2, 0.25) is 0 Å². The van der Waals surface area contributed by atoms with Gasteiger partial charge in [0, 0.05) is 29.9 Å². The molecule has 72 heavy (non-hydrogen) atoms. The molecule has 0 saturated heterocycles. The number of nitrogens with zero attached hydrogens (tertiary/aromatic N) is 6. The molecular formula is C40H36N10NaO17S4+. The van der Waals surface area contributed by atoms with Crippen molar-refractivity contribution in [1.82, 2.24) is 15.0 Å². The second-order valence-electron chi connectivity index (χ2n) is 14.7. The maximum Gasteiger partial charge on any atom is 1.00 e. The van der Waals surface area contributed by atoms with Gasteiger partial charge in [0.05, 0.1) is 63.6 Å². The van der Waals surface area contributed by atoms with Gasteiger partial charge in [0.25, 0.3) is 40.5 Å². The number of hydrazone groups is 1. The Bertz CT molecular complexity index is 3760. The Morgan fingerprint density at radius 3 is 1.88 bits per heavy atom. The number of methoxy groups -OCH3 is 2. The minimum atomic E-state index is -5.14. The number of carbonyl (C=O) groups is 1. The first kappa shape index (κ1) is 54.6. The van der Waals surface area contributed by atoms with Crippen molar-refractivity contribution in [2.45, 2.75) is 21.6 Å². The van der Waals surface area contributed by atoms with E-state index in [2.05, 4.69) is 51.7 Å². The molecule has 0 radical (unpaired) electrons. The van der Waals surface area contributed by atoms with E-state index in [1.165, 1.54) is 44.6 Å². The van der Waals surface area contributed by atoms with E-state index in [0.29, 0.717) is 11.6 Å². The number of aliphatic hydroxyl groups excluding tert-OH is 1. The number of aromatic nitrogens is 3. The largest absolute Gasteiger partial charge is 1.00 e. The average molecular weight is 1080 g/mol. The smallest absolute Gasteiger partial charge is 0.507 e. The summed E-state index contributed by atoms with van der Waals surface area (Å²) >= 11 is 0. The predicted molar refractivity (Wildman–Crippen MR) is 253 cm³/mol. The van der Waals surface area contributed by atoms with E-state index in [0.717, 1.165) is 42.5 Å². The molecule has 0 unspecified atom stereocenters. The van der Waals surface area contributed by atoms with Crippen LogP contribution in [-0.4, -0.2) is 116 Å². The first-order chi connectivity index (χ1) is 33.3. The summed E-state index contributed by atoms with van der Waals surface area (Å²) in [6, 6.07) is 13.4. The monoisotopic (exact) mass is 1080 g/mol. The molecule has 32 heteroatoms. The average Bonchev–Trinajstić information content (AvgIpc) is 3.28. The number of aliphatic hydroxyl groups is 1. The van der Waals surface area contributed by atoms with Gasteiger partial charge < -0.3 is 35.6 Å². The van der Waals surface area contributed by atoms with Crippen molar-refractivity contribution in [2.75, 3.05) is 48.7 Å². The topological polar surface area (TPSA) is 417 Å². The summed E-state index contributed by atoms with van der Waals surface area (Å²) in [7, 11) is -17.1. The fraction of sp³-hybridized carbons (Fsp3) is 0.125. The molecule has 0 atom stereocenters. The minimum Gasteiger partial charge on any atom is -0.507 e. The van der Waals surface area contributed by atoms with Crippen LogP contribution in [0.4, 0.5) is 46.3 Å². The van der Waals surface area contributed by atoms with E-state index in [9.17, 15) is 66.9 Å². The van der Waals surface area contributed by atoms with Crippen molar-refractivity contribution in [3.05, 3.63) is 94.4 Å². The van der Waals surface area contributed by atoms with Crippen LogP contribution in [0.25, 0.3) is 16.8 Å². The molecule has 27 nitrogen and oxygen atoms in total. The van der Waals surface area contributed by atoms with E-state index < -0.39 is 77.3 Å². The number of allylic oxidation sites excluding steroid dienone is 1. The van der Waals surface area contributed by atoms with Crippen molar-refractivity contribution in [3.63, 3.8) is 0 Å². The molecule has 1 aliphatic rings. The Hall–Kier alpha value is -6.75. The van der Waals surface area contributed by atoms with Gasteiger partial charge in [-0.2, -0.15) is 58.8 Å². The molecule has 5 aromatic carbocycles. The van der Waals surface area contributed by atoms with E-state index in [1.807, 2.05) is 0 Å². The molecule has 10 N–H and O–H groups in total. The number of phenolic OH excluding ortho intramolecular Hbond substituents is 1. The van der Waals surface area contributed by atoms with Gasteiger partial charge >= 0.3 is 29.6 Å². The van der Waals surface area contributed by atoms with Gasteiger partial charge in [-0.15, -0.1) is 5.11 Å². The summed E-state index contributed by atoms with van der Waals surface area (Å²) in [5.74, 6) is -1.89. The molecule has 0 fully saturated rings. The van der Waals surface area contributed by atoms with Crippen LogP contribution in [-0.2, 0) is 40.5 Å². The number of ketones is 1. The summed E-state index contributed by atoms with van der Waals surface area (Å²) in [6.45, 7) is 1.27. The maximum atomic E-state index is 13.7. The van der Waals surface area contributed by atoms with E-state index >= 15 is 0 Å². The molecule has 0 saturated carbocycles. The number of hydrogen-bond donors (Lipinski definition) is 10. The predicted octanol–water partition coefficient (Wildman–Crippen LogP) is 2.00. The third kappa shape index (κ3) is 12.3. The van der Waals surface area contributed by atoms with Crippen molar-refractivity contribution in [2.24, 2.45) is 15.3 Å². The van der Waals surface area contributed by atoms with Gasteiger partial charge in [0.2, 0.25) is 23.6 Å². The van der Waals surface area contributed by atoms with Crippen LogP contribution in [0, 0.1) is 6.92 Å². The number of carbonyl (C=O) groups excluding carboxylic acids is 1. The van der Waals surface area contributed by atoms with Gasteiger partial charge in [-0.25, -0.2) is 0 Å². The summed E-state index contributed by atoms with van der Waals surface area (Å²) in [4.78, 5) is 23.8. The number of anilines is 6. The SMILES string of the molecule is COc1ccc(S(=O)(=O)O)cc1N/N=C1/C(=O)c2ccc(Nc3nc(NCCO)nc(Nc4cc(C)c(N=Nc5cc(S(=O)(=O)O)cc6cc(S(=O)(=O)O)cc(O)c56)cc4OC)n3)cc2C=C1S(=O)(=O)O.[Na+]. The molecule has 6 aromatic rings. The Kier molecular flexibility index (Phi) is 16.0. The number of hydrogen-bond acceptors (Lipinski definition) is 23. The summed E-state index contributed by atoms with van der Waals surface area (Å²) < 4.78 is 146. The zero-order chi connectivity index (χ0) is 51.8. The number of aromatic hydroxyl groups is 1. The van der Waals surface area contributed by atoms with E-state index in [-0.39, 0.29) is 122 Å². The van der Waals surface area contributed by atoms with Crippen molar-refractivity contribution >= 4 is 115 Å². The molecule has 1 aromatic heterocycles. The second-order valence-corrected chi connectivity index (χ2v) is 20.4. The molecule has 0 spiro atoms. The van der Waals surface area contributed by atoms with Gasteiger partial charge in [0.15, 0.2) is 5.71 Å². The van der Waals surface area contributed by atoms with Crippen LogP contribution in [0.5, 0.6) is 17.2 Å². The molecule has 1 heterocycles. The number of aryl methyl sites for hydroxylation is 1. The number of azo groups is 1. The van der Waals surface area contributed by atoms with Gasteiger partial charge in [-0.05, 0) is 90.2 Å². The Morgan fingerprint density at radius 1 is 0.653 bits per heavy atom. The zero-order valence-electron chi connectivity index (χ0n) is 37.4. The van der Waals surface area contributed by atoms with Crippen LogP contribution in [0.3, 0.4) is 0 Å². The second kappa shape index (κ2) is 21.1. The molecule has 1 aliphatic carbocycles. The van der Waals surface area contributed by atoms with Crippen molar-refractivity contribution in [1.29, 1.82) is 0 Å². The van der Waals surface area contributed by atoms with Crippen molar-refractivity contribution in [3.8, 4) is 17.2 Å².